The molecule has 4 nitrogen and oxygen atoms in total. The van der Waals surface area contributed by atoms with Crippen LogP contribution in [0.4, 0.5) is 0 Å². The molecule has 0 aromatic heterocycles. The average molecular weight is 504 g/mol. The van der Waals surface area contributed by atoms with E-state index in [0.29, 0.717) is 22.9 Å². The van der Waals surface area contributed by atoms with E-state index in [2.05, 4.69) is 67.3 Å². The third-order valence-corrected chi connectivity index (χ3v) is 7.39. The minimum Gasteiger partial charge on any atom is -0.487 e. The van der Waals surface area contributed by atoms with Gasteiger partial charge < -0.3 is 14.7 Å². The summed E-state index contributed by atoms with van der Waals surface area (Å²) in [6.07, 6.45) is 6.94. The number of rotatable bonds is 9. The fourth-order valence-electron chi connectivity index (χ4n) is 4.80. The summed E-state index contributed by atoms with van der Waals surface area (Å²) >= 11 is 6.34. The zero-order valence-electron chi connectivity index (χ0n) is 21.3. The zero-order chi connectivity index (χ0) is 25.7. The van der Waals surface area contributed by atoms with Crippen molar-refractivity contribution in [1.82, 2.24) is 4.90 Å². The lowest BCUT2D eigenvalue weighted by molar-refractivity contribution is 0.112. The minimum atomic E-state index is -0.165. The number of aldehydes is 1. The van der Waals surface area contributed by atoms with Gasteiger partial charge in [0.2, 0.25) is 0 Å². The molecule has 1 aliphatic rings. The molecule has 0 amide bonds. The molecule has 4 rings (SSSR count). The van der Waals surface area contributed by atoms with Gasteiger partial charge in [0.15, 0.2) is 0 Å². The molecular weight excluding hydrogens is 470 g/mol. The second-order valence-electron chi connectivity index (χ2n) is 9.59. The van der Waals surface area contributed by atoms with Crippen LogP contribution in [0.3, 0.4) is 0 Å². The lowest BCUT2D eigenvalue weighted by atomic mass is 9.91. The third kappa shape index (κ3) is 6.07. The Labute approximate surface area is 219 Å². The molecule has 1 aliphatic heterocycles. The van der Waals surface area contributed by atoms with Gasteiger partial charge in [-0.15, -0.1) is 0 Å². The molecule has 188 valence electrons. The first-order valence-electron chi connectivity index (χ1n) is 12.5. The number of hydrogen-bond donors (Lipinski definition) is 1. The molecule has 1 unspecified atom stereocenters. The summed E-state index contributed by atoms with van der Waals surface area (Å²) in [6, 6.07) is 16.2. The number of carbonyl (C=O) groups is 1. The Balaban J connectivity index is 1.49. The molecule has 0 aliphatic carbocycles. The Morgan fingerprint density at radius 2 is 1.81 bits per heavy atom. The first-order valence-corrected chi connectivity index (χ1v) is 12.9. The van der Waals surface area contributed by atoms with Crippen molar-refractivity contribution in [3.05, 3.63) is 93.0 Å². The minimum absolute atomic E-state index is 0.165. The summed E-state index contributed by atoms with van der Waals surface area (Å²) in [5.74, 6) is 0.580. The highest BCUT2D eigenvalue weighted by Gasteiger charge is 2.18. The Kier molecular flexibility index (Phi) is 8.63. The van der Waals surface area contributed by atoms with E-state index in [4.69, 9.17) is 16.3 Å². The van der Waals surface area contributed by atoms with Gasteiger partial charge in [0.05, 0.1) is 11.1 Å². The van der Waals surface area contributed by atoms with Crippen molar-refractivity contribution in [3.63, 3.8) is 0 Å². The quantitative estimate of drug-likeness (QED) is 0.326. The van der Waals surface area contributed by atoms with E-state index in [-0.39, 0.29) is 6.10 Å². The van der Waals surface area contributed by atoms with Crippen molar-refractivity contribution in [2.75, 3.05) is 19.6 Å². The molecule has 1 N–H and O–H groups in total. The fraction of sp³-hybridized carbons (Fsp3) is 0.323. The molecule has 0 radical (unpaired) electrons. The van der Waals surface area contributed by atoms with Crippen molar-refractivity contribution in [3.8, 4) is 16.9 Å². The lowest BCUT2D eigenvalue weighted by Gasteiger charge is -2.16. The maximum absolute atomic E-state index is 11.2. The Morgan fingerprint density at radius 3 is 2.53 bits per heavy atom. The number of ether oxygens (including phenoxy) is 1. The lowest BCUT2D eigenvalue weighted by Crippen LogP contribution is -2.22. The van der Waals surface area contributed by atoms with Crippen LogP contribution in [-0.2, 0) is 6.61 Å². The Morgan fingerprint density at radius 1 is 1.06 bits per heavy atom. The molecule has 0 spiro atoms. The second-order valence-corrected chi connectivity index (χ2v) is 10.00. The van der Waals surface area contributed by atoms with Crippen LogP contribution in [-0.4, -0.2) is 42.0 Å². The van der Waals surface area contributed by atoms with Gasteiger partial charge in [-0.25, -0.2) is 0 Å². The maximum atomic E-state index is 11.2. The largest absolute Gasteiger partial charge is 0.487 e. The fourth-order valence-corrected chi connectivity index (χ4v) is 5.03. The van der Waals surface area contributed by atoms with Crippen LogP contribution >= 0.6 is 11.6 Å². The smallest absolute Gasteiger partial charge is 0.150 e. The van der Waals surface area contributed by atoms with Gasteiger partial charge in [-0.05, 0) is 84.7 Å². The second kappa shape index (κ2) is 11.9. The van der Waals surface area contributed by atoms with Crippen molar-refractivity contribution in [2.45, 2.75) is 46.3 Å². The molecular formula is C31H34ClNO3. The summed E-state index contributed by atoms with van der Waals surface area (Å²) in [5.41, 5.74) is 8.54. The van der Waals surface area contributed by atoms with E-state index in [9.17, 15) is 9.90 Å². The third-order valence-electron chi connectivity index (χ3n) is 7.10. The molecule has 0 bridgehead atoms. The van der Waals surface area contributed by atoms with Gasteiger partial charge in [-0.2, -0.15) is 0 Å². The summed E-state index contributed by atoms with van der Waals surface area (Å²) < 4.78 is 6.06. The van der Waals surface area contributed by atoms with Crippen LogP contribution in [0, 0.1) is 20.8 Å². The van der Waals surface area contributed by atoms with Crippen LogP contribution in [0.15, 0.2) is 54.6 Å². The highest BCUT2D eigenvalue weighted by atomic mass is 35.5. The number of halogens is 1. The summed E-state index contributed by atoms with van der Waals surface area (Å²) in [6.45, 7) is 9.32. The predicted octanol–water partition coefficient (Wildman–Crippen LogP) is 6.79. The van der Waals surface area contributed by atoms with E-state index in [1.54, 1.807) is 6.07 Å². The molecule has 3 aromatic carbocycles. The highest BCUT2D eigenvalue weighted by molar-refractivity contribution is 6.32. The van der Waals surface area contributed by atoms with Crippen molar-refractivity contribution < 1.29 is 14.6 Å². The predicted molar refractivity (Wildman–Crippen MR) is 148 cm³/mol. The van der Waals surface area contributed by atoms with Crippen molar-refractivity contribution in [2.24, 2.45) is 0 Å². The number of carbonyl (C=O) groups excluding carboxylic acids is 1. The van der Waals surface area contributed by atoms with Crippen LogP contribution in [0.5, 0.6) is 5.75 Å². The maximum Gasteiger partial charge on any atom is 0.150 e. The van der Waals surface area contributed by atoms with Gasteiger partial charge in [-0.3, -0.25) is 4.79 Å². The first kappa shape index (κ1) is 26.2. The molecule has 0 saturated carbocycles. The van der Waals surface area contributed by atoms with Crippen molar-refractivity contribution >= 4 is 24.0 Å². The van der Waals surface area contributed by atoms with Gasteiger partial charge in [0.25, 0.3) is 0 Å². The SMILES string of the molecule is Cc1cc(OCc2cccc(-c3cccc(/C=C/CCN4CCC(O)C4)c3C)c2C)c(Cl)cc1C=O. The van der Waals surface area contributed by atoms with E-state index in [1.807, 2.05) is 13.0 Å². The summed E-state index contributed by atoms with van der Waals surface area (Å²) in [7, 11) is 0. The van der Waals surface area contributed by atoms with Crippen LogP contribution in [0.2, 0.25) is 5.02 Å². The number of nitrogens with zero attached hydrogens (tertiary/aromatic N) is 1. The monoisotopic (exact) mass is 503 g/mol. The summed E-state index contributed by atoms with van der Waals surface area (Å²) in [4.78, 5) is 13.5. The molecule has 1 fully saturated rings. The Hall–Kier alpha value is -2.92. The van der Waals surface area contributed by atoms with Gasteiger partial charge in [0.1, 0.15) is 18.6 Å². The van der Waals surface area contributed by atoms with Crippen LogP contribution in [0.1, 0.15) is 51.0 Å². The zero-order valence-corrected chi connectivity index (χ0v) is 22.0. The van der Waals surface area contributed by atoms with Crippen LogP contribution in [0.25, 0.3) is 17.2 Å². The molecule has 36 heavy (non-hydrogen) atoms. The standard InChI is InChI=1S/C31H34ClNO3/c1-21-16-31(30(32)17-26(21)19-34)36-20-25-10-7-12-29(23(25)3)28-11-6-9-24(22(28)2)8-4-5-14-33-15-13-27(35)18-33/h4,6-12,16-17,19,27,35H,5,13-15,18,20H2,1-3H3/b8-4+. The topological polar surface area (TPSA) is 49.8 Å². The number of hydrogen-bond acceptors (Lipinski definition) is 4. The van der Waals surface area contributed by atoms with Crippen molar-refractivity contribution in [1.29, 1.82) is 0 Å². The number of likely N-dealkylation sites (tertiary alicyclic amines) is 1. The first-order chi connectivity index (χ1) is 17.4. The number of aliphatic hydroxyl groups is 1. The molecule has 3 aromatic rings. The summed E-state index contributed by atoms with van der Waals surface area (Å²) in [5, 5.41) is 10.1. The normalized spacial score (nSPS) is 16.1. The van der Waals surface area contributed by atoms with E-state index in [1.165, 1.54) is 27.8 Å². The number of β-amino-alcohol motifs (C(OH)–C–C–N with tert-alkyl or cyclic N) is 1. The number of aliphatic hydroxyl groups excluding tert-OH is 1. The van der Waals surface area contributed by atoms with E-state index >= 15 is 0 Å². The number of aryl methyl sites for hydroxylation is 1. The van der Waals surface area contributed by atoms with E-state index < -0.39 is 0 Å². The number of benzene rings is 3. The molecule has 1 heterocycles. The molecule has 1 saturated heterocycles. The van der Waals surface area contributed by atoms with Crippen LogP contribution < -0.4 is 4.74 Å². The average Bonchev–Trinajstić information content (AvgIpc) is 3.28. The Bertz CT molecular complexity index is 1270. The van der Waals surface area contributed by atoms with Gasteiger partial charge >= 0.3 is 0 Å². The molecule has 5 heteroatoms. The van der Waals surface area contributed by atoms with Gasteiger partial charge in [0, 0.05) is 25.2 Å². The van der Waals surface area contributed by atoms with E-state index in [0.717, 1.165) is 49.9 Å². The highest BCUT2D eigenvalue weighted by Crippen LogP contribution is 2.32. The molecule has 1 atom stereocenters. The van der Waals surface area contributed by atoms with Gasteiger partial charge in [-0.1, -0.05) is 60.2 Å².